The molecule has 0 aliphatic rings. The molecule has 164 valence electrons. The molecule has 0 unspecified atom stereocenters. The Balaban J connectivity index is 1.89. The molecule has 0 bridgehead atoms. The van der Waals surface area contributed by atoms with Gasteiger partial charge in [0.25, 0.3) is 5.56 Å². The number of unbranched alkanes of at least 4 members (excludes halogenated alkanes) is 1. The zero-order valence-corrected chi connectivity index (χ0v) is 18.3. The van der Waals surface area contributed by atoms with Crippen molar-refractivity contribution in [2.24, 2.45) is 0 Å². The molecule has 0 atom stereocenters. The van der Waals surface area contributed by atoms with Gasteiger partial charge in [-0.25, -0.2) is 4.79 Å². The van der Waals surface area contributed by atoms with Crippen LogP contribution in [0.1, 0.15) is 38.7 Å². The van der Waals surface area contributed by atoms with Crippen molar-refractivity contribution in [2.45, 2.75) is 52.2 Å². The molecule has 1 aromatic heterocycles. The van der Waals surface area contributed by atoms with E-state index in [-0.39, 0.29) is 29.7 Å². The van der Waals surface area contributed by atoms with E-state index in [9.17, 15) is 14.4 Å². The molecule has 1 amide bonds. The first-order valence-corrected chi connectivity index (χ1v) is 10.6. The van der Waals surface area contributed by atoms with Crippen LogP contribution in [0.3, 0.4) is 0 Å². The standard InChI is InChI=1S/C24H29N3O4/c1-17(2)25-22(28)13-6-7-14-26-23(29)20-11-4-5-12-21(20)27(24(26)30)16-18-9-8-10-19(15-18)31-3/h4-5,8-12,15,17H,6-7,13-14,16H2,1-3H3,(H,25,28). The summed E-state index contributed by atoms with van der Waals surface area (Å²) in [5.74, 6) is 0.694. The summed E-state index contributed by atoms with van der Waals surface area (Å²) in [5, 5.41) is 3.35. The highest BCUT2D eigenvalue weighted by Crippen LogP contribution is 2.15. The van der Waals surface area contributed by atoms with E-state index >= 15 is 0 Å². The van der Waals surface area contributed by atoms with Crippen molar-refractivity contribution in [3.8, 4) is 5.75 Å². The average Bonchev–Trinajstić information content (AvgIpc) is 2.75. The van der Waals surface area contributed by atoms with Crippen molar-refractivity contribution in [1.29, 1.82) is 0 Å². The lowest BCUT2D eigenvalue weighted by atomic mass is 10.2. The van der Waals surface area contributed by atoms with E-state index in [2.05, 4.69) is 5.32 Å². The number of hydrogen-bond acceptors (Lipinski definition) is 4. The van der Waals surface area contributed by atoms with Crippen molar-refractivity contribution in [2.75, 3.05) is 7.11 Å². The van der Waals surface area contributed by atoms with Crippen LogP contribution < -0.4 is 21.3 Å². The number of nitrogens with one attached hydrogen (secondary N) is 1. The number of rotatable bonds is 9. The molecule has 7 heteroatoms. The third-order valence-electron chi connectivity index (χ3n) is 5.09. The second-order valence-corrected chi connectivity index (χ2v) is 7.87. The largest absolute Gasteiger partial charge is 0.497 e. The number of carbonyl (C=O) groups is 1. The summed E-state index contributed by atoms with van der Waals surface area (Å²) < 4.78 is 8.19. The summed E-state index contributed by atoms with van der Waals surface area (Å²) in [5.41, 5.74) is 0.863. The van der Waals surface area contributed by atoms with E-state index in [4.69, 9.17) is 4.74 Å². The summed E-state index contributed by atoms with van der Waals surface area (Å²) in [6, 6.07) is 14.8. The van der Waals surface area contributed by atoms with Crippen molar-refractivity contribution >= 4 is 16.8 Å². The van der Waals surface area contributed by atoms with Gasteiger partial charge in [-0.3, -0.25) is 18.7 Å². The van der Waals surface area contributed by atoms with E-state index in [1.54, 1.807) is 29.9 Å². The molecular formula is C24H29N3O4. The molecule has 1 N–H and O–H groups in total. The van der Waals surface area contributed by atoms with Crippen LogP contribution in [-0.4, -0.2) is 28.2 Å². The number of ether oxygens (including phenoxy) is 1. The third-order valence-corrected chi connectivity index (χ3v) is 5.09. The second kappa shape index (κ2) is 10.1. The Morgan fingerprint density at radius 2 is 1.81 bits per heavy atom. The van der Waals surface area contributed by atoms with Gasteiger partial charge in [-0.1, -0.05) is 24.3 Å². The molecule has 0 aliphatic carbocycles. The molecule has 3 aromatic rings. The minimum Gasteiger partial charge on any atom is -0.497 e. The fourth-order valence-corrected chi connectivity index (χ4v) is 3.62. The fourth-order valence-electron chi connectivity index (χ4n) is 3.62. The quantitative estimate of drug-likeness (QED) is 0.537. The van der Waals surface area contributed by atoms with Crippen LogP contribution >= 0.6 is 0 Å². The Labute approximate surface area is 181 Å². The van der Waals surface area contributed by atoms with E-state index in [0.29, 0.717) is 42.5 Å². The second-order valence-electron chi connectivity index (χ2n) is 7.87. The van der Waals surface area contributed by atoms with E-state index < -0.39 is 0 Å². The van der Waals surface area contributed by atoms with Gasteiger partial charge >= 0.3 is 5.69 Å². The smallest absolute Gasteiger partial charge is 0.331 e. The van der Waals surface area contributed by atoms with E-state index in [0.717, 1.165) is 5.56 Å². The van der Waals surface area contributed by atoms with Crippen LogP contribution in [-0.2, 0) is 17.9 Å². The number of fused-ring (bicyclic) bond motifs is 1. The molecule has 0 radical (unpaired) electrons. The number of methoxy groups -OCH3 is 1. The van der Waals surface area contributed by atoms with Crippen molar-refractivity contribution in [3.63, 3.8) is 0 Å². The number of carbonyl (C=O) groups excluding carboxylic acids is 1. The average molecular weight is 424 g/mol. The normalized spacial score (nSPS) is 11.1. The first kappa shape index (κ1) is 22.3. The van der Waals surface area contributed by atoms with Crippen molar-refractivity contribution < 1.29 is 9.53 Å². The first-order valence-electron chi connectivity index (χ1n) is 10.6. The Kier molecular flexibility index (Phi) is 7.28. The van der Waals surface area contributed by atoms with Crippen molar-refractivity contribution in [1.82, 2.24) is 14.5 Å². The van der Waals surface area contributed by atoms with E-state index in [1.807, 2.05) is 44.2 Å². The van der Waals surface area contributed by atoms with Gasteiger partial charge < -0.3 is 10.1 Å². The SMILES string of the molecule is COc1cccc(Cn2c(=O)n(CCCCC(=O)NC(C)C)c(=O)c3ccccc32)c1. The Morgan fingerprint density at radius 1 is 1.03 bits per heavy atom. The van der Waals surface area contributed by atoms with Gasteiger partial charge in [-0.05, 0) is 56.5 Å². The minimum absolute atomic E-state index is 0.0173. The summed E-state index contributed by atoms with van der Waals surface area (Å²) in [4.78, 5) is 38.1. The predicted octanol–water partition coefficient (Wildman–Crippen LogP) is 2.92. The van der Waals surface area contributed by atoms with Gasteiger partial charge in [0.1, 0.15) is 5.75 Å². The summed E-state index contributed by atoms with van der Waals surface area (Å²) in [7, 11) is 1.60. The summed E-state index contributed by atoms with van der Waals surface area (Å²) in [6.45, 7) is 4.43. The molecule has 0 spiro atoms. The third kappa shape index (κ3) is 5.42. The molecule has 1 heterocycles. The maximum atomic E-state index is 13.3. The zero-order valence-electron chi connectivity index (χ0n) is 18.3. The van der Waals surface area contributed by atoms with Gasteiger partial charge in [-0.15, -0.1) is 0 Å². The molecule has 7 nitrogen and oxygen atoms in total. The van der Waals surface area contributed by atoms with Gasteiger partial charge in [-0.2, -0.15) is 0 Å². The number of para-hydroxylation sites is 1. The lowest BCUT2D eigenvalue weighted by molar-refractivity contribution is -0.121. The fraction of sp³-hybridized carbons (Fsp3) is 0.375. The maximum absolute atomic E-state index is 13.3. The summed E-state index contributed by atoms with van der Waals surface area (Å²) >= 11 is 0. The van der Waals surface area contributed by atoms with Gasteiger partial charge in [0, 0.05) is 19.0 Å². The van der Waals surface area contributed by atoms with Gasteiger partial charge in [0.2, 0.25) is 5.91 Å². The minimum atomic E-state index is -0.349. The van der Waals surface area contributed by atoms with Crippen LogP contribution in [0.25, 0.3) is 10.9 Å². The molecule has 2 aromatic carbocycles. The van der Waals surface area contributed by atoms with Gasteiger partial charge in [0.15, 0.2) is 0 Å². The lowest BCUT2D eigenvalue weighted by Crippen LogP contribution is -2.40. The Bertz CT molecular complexity index is 1180. The molecule has 3 rings (SSSR count). The van der Waals surface area contributed by atoms with Crippen LogP contribution in [0.2, 0.25) is 0 Å². The molecule has 0 saturated heterocycles. The van der Waals surface area contributed by atoms with Crippen LogP contribution in [0, 0.1) is 0 Å². The Hall–Kier alpha value is -3.35. The van der Waals surface area contributed by atoms with Crippen LogP contribution in [0.5, 0.6) is 5.75 Å². The summed E-state index contributed by atoms with van der Waals surface area (Å²) in [6.07, 6.45) is 1.55. The molecular weight excluding hydrogens is 394 g/mol. The van der Waals surface area contributed by atoms with Crippen LogP contribution in [0.4, 0.5) is 0 Å². The molecule has 0 aliphatic heterocycles. The number of amides is 1. The van der Waals surface area contributed by atoms with Crippen molar-refractivity contribution in [3.05, 3.63) is 74.9 Å². The maximum Gasteiger partial charge on any atom is 0.331 e. The highest BCUT2D eigenvalue weighted by Gasteiger charge is 2.13. The van der Waals surface area contributed by atoms with Gasteiger partial charge in [0.05, 0.1) is 24.6 Å². The number of benzene rings is 2. The monoisotopic (exact) mass is 423 g/mol. The molecule has 0 fully saturated rings. The predicted molar refractivity (Wildman–Crippen MR) is 122 cm³/mol. The zero-order chi connectivity index (χ0) is 22.4. The number of hydrogen-bond donors (Lipinski definition) is 1. The van der Waals surface area contributed by atoms with E-state index in [1.165, 1.54) is 4.57 Å². The number of aromatic nitrogens is 2. The highest BCUT2D eigenvalue weighted by molar-refractivity contribution is 5.78. The van der Waals surface area contributed by atoms with Crippen LogP contribution in [0.15, 0.2) is 58.1 Å². The molecule has 0 saturated carbocycles. The topological polar surface area (TPSA) is 82.3 Å². The first-order chi connectivity index (χ1) is 14.9. The number of nitrogens with zero attached hydrogens (tertiary/aromatic N) is 2. The Morgan fingerprint density at radius 3 is 2.55 bits per heavy atom. The highest BCUT2D eigenvalue weighted by atomic mass is 16.5. The molecule has 31 heavy (non-hydrogen) atoms. The lowest BCUT2D eigenvalue weighted by Gasteiger charge is -2.15.